The zero-order valence-corrected chi connectivity index (χ0v) is 9.52. The predicted octanol–water partition coefficient (Wildman–Crippen LogP) is 3.69. The topological polar surface area (TPSA) is 18.5 Å². The third-order valence-corrected chi connectivity index (χ3v) is 2.85. The molecule has 1 atom stereocenters. The van der Waals surface area contributed by atoms with Crippen LogP contribution in [0.1, 0.15) is 17.4 Å². The summed E-state index contributed by atoms with van der Waals surface area (Å²) < 4.78 is 47.9. The molecule has 1 heterocycles. The largest absolute Gasteiger partial charge is 0.490 e. The van der Waals surface area contributed by atoms with Gasteiger partial charge in [-0.15, -0.1) is 11.6 Å². The van der Waals surface area contributed by atoms with Crippen molar-refractivity contribution in [2.75, 3.05) is 13.2 Å². The number of halogens is 4. The van der Waals surface area contributed by atoms with Gasteiger partial charge in [-0.25, -0.2) is 0 Å². The van der Waals surface area contributed by atoms with E-state index >= 15 is 0 Å². The van der Waals surface area contributed by atoms with Gasteiger partial charge in [-0.05, 0) is 17.7 Å². The average molecular weight is 267 g/mol. The molecule has 1 unspecified atom stereocenters. The Labute approximate surface area is 101 Å². The summed E-state index contributed by atoms with van der Waals surface area (Å²) in [5.41, 5.74) is -0.0385. The number of rotatable bonds is 1. The molecule has 1 aliphatic heterocycles. The van der Waals surface area contributed by atoms with Crippen LogP contribution in [0.5, 0.6) is 11.5 Å². The minimum absolute atomic E-state index is 0.0385. The molecule has 2 rings (SSSR count). The Kier molecular flexibility index (Phi) is 3.38. The van der Waals surface area contributed by atoms with Crippen LogP contribution in [0.3, 0.4) is 0 Å². The quantitative estimate of drug-likeness (QED) is 0.722. The Morgan fingerprint density at radius 2 is 1.76 bits per heavy atom. The minimum Gasteiger partial charge on any atom is -0.490 e. The van der Waals surface area contributed by atoms with Gasteiger partial charge in [0.15, 0.2) is 16.9 Å². The standard InChI is InChI=1S/C11H10ClF3O2/c12-10(11(13,14)15)7-2-3-8-9(6-7)17-5-1-4-16-8/h2-3,6,10H,1,4-5H2. The summed E-state index contributed by atoms with van der Waals surface area (Å²) in [6.45, 7) is 0.922. The summed E-state index contributed by atoms with van der Waals surface area (Å²) >= 11 is 5.34. The lowest BCUT2D eigenvalue weighted by atomic mass is 10.1. The summed E-state index contributed by atoms with van der Waals surface area (Å²) in [4.78, 5) is 0. The Balaban J connectivity index is 2.29. The molecule has 1 aromatic rings. The van der Waals surface area contributed by atoms with Gasteiger partial charge in [0.1, 0.15) is 0 Å². The molecule has 1 aromatic carbocycles. The number of hydrogen-bond acceptors (Lipinski definition) is 2. The van der Waals surface area contributed by atoms with Gasteiger partial charge in [-0.3, -0.25) is 0 Å². The Bertz CT molecular complexity index is 406. The van der Waals surface area contributed by atoms with E-state index in [0.717, 1.165) is 0 Å². The first kappa shape index (κ1) is 12.4. The van der Waals surface area contributed by atoms with E-state index in [0.29, 0.717) is 31.1 Å². The van der Waals surface area contributed by atoms with Crippen LogP contribution >= 0.6 is 11.6 Å². The molecule has 0 saturated heterocycles. The van der Waals surface area contributed by atoms with Gasteiger partial charge in [0, 0.05) is 6.42 Å². The van der Waals surface area contributed by atoms with Gasteiger partial charge < -0.3 is 9.47 Å². The normalized spacial score (nSPS) is 17.4. The molecule has 0 aromatic heterocycles. The molecular formula is C11H10ClF3O2. The zero-order valence-electron chi connectivity index (χ0n) is 8.76. The van der Waals surface area contributed by atoms with Crippen LogP contribution in [-0.2, 0) is 0 Å². The Morgan fingerprint density at radius 3 is 2.41 bits per heavy atom. The average Bonchev–Trinajstić information content (AvgIpc) is 2.50. The first-order valence-corrected chi connectivity index (χ1v) is 5.52. The van der Waals surface area contributed by atoms with Crippen molar-refractivity contribution in [2.45, 2.75) is 18.0 Å². The molecule has 0 amide bonds. The third-order valence-electron chi connectivity index (χ3n) is 2.35. The van der Waals surface area contributed by atoms with E-state index in [4.69, 9.17) is 21.1 Å². The van der Waals surface area contributed by atoms with Crippen LogP contribution < -0.4 is 9.47 Å². The third kappa shape index (κ3) is 2.77. The fourth-order valence-electron chi connectivity index (χ4n) is 1.53. The smallest absolute Gasteiger partial charge is 0.408 e. The van der Waals surface area contributed by atoms with Gasteiger partial charge in [-0.2, -0.15) is 13.2 Å². The maximum absolute atomic E-state index is 12.4. The molecule has 0 bridgehead atoms. The summed E-state index contributed by atoms with van der Waals surface area (Å²) in [5.74, 6) is 0.771. The molecule has 94 valence electrons. The van der Waals surface area contributed by atoms with Gasteiger partial charge in [0.2, 0.25) is 0 Å². The predicted molar refractivity (Wildman–Crippen MR) is 56.7 cm³/mol. The maximum Gasteiger partial charge on any atom is 0.408 e. The Morgan fingerprint density at radius 1 is 1.12 bits per heavy atom. The summed E-state index contributed by atoms with van der Waals surface area (Å²) in [6, 6.07) is 4.04. The lowest BCUT2D eigenvalue weighted by molar-refractivity contribution is -0.131. The summed E-state index contributed by atoms with van der Waals surface area (Å²) in [7, 11) is 0. The van der Waals surface area contributed by atoms with Crippen molar-refractivity contribution in [3.63, 3.8) is 0 Å². The number of fused-ring (bicyclic) bond motifs is 1. The number of benzene rings is 1. The summed E-state index contributed by atoms with van der Waals surface area (Å²) in [5, 5.41) is -2.03. The van der Waals surface area contributed by atoms with E-state index in [9.17, 15) is 13.2 Å². The number of ether oxygens (including phenoxy) is 2. The first-order valence-electron chi connectivity index (χ1n) is 5.09. The molecule has 0 fully saturated rings. The van der Waals surface area contributed by atoms with Crippen LogP contribution in [0, 0.1) is 0 Å². The molecule has 0 radical (unpaired) electrons. The van der Waals surface area contributed by atoms with Crippen molar-refractivity contribution in [1.29, 1.82) is 0 Å². The molecule has 0 N–H and O–H groups in total. The number of alkyl halides is 4. The highest BCUT2D eigenvalue weighted by atomic mass is 35.5. The van der Waals surface area contributed by atoms with Crippen LogP contribution in [0.4, 0.5) is 13.2 Å². The second-order valence-electron chi connectivity index (χ2n) is 3.66. The highest BCUT2D eigenvalue weighted by molar-refractivity contribution is 6.21. The van der Waals surface area contributed by atoms with Crippen LogP contribution in [0.2, 0.25) is 0 Å². The first-order chi connectivity index (χ1) is 7.98. The van der Waals surface area contributed by atoms with Crippen molar-refractivity contribution in [3.05, 3.63) is 23.8 Å². The SMILES string of the molecule is FC(F)(F)C(Cl)c1ccc2c(c1)OCCCO2. The van der Waals surface area contributed by atoms with Crippen molar-refractivity contribution in [2.24, 2.45) is 0 Å². The number of hydrogen-bond donors (Lipinski definition) is 0. The lowest BCUT2D eigenvalue weighted by Gasteiger charge is -2.15. The highest BCUT2D eigenvalue weighted by Gasteiger charge is 2.39. The molecule has 2 nitrogen and oxygen atoms in total. The molecule has 0 saturated carbocycles. The van der Waals surface area contributed by atoms with Crippen molar-refractivity contribution >= 4 is 11.6 Å². The second-order valence-corrected chi connectivity index (χ2v) is 4.10. The van der Waals surface area contributed by atoms with Crippen molar-refractivity contribution in [3.8, 4) is 11.5 Å². The molecular weight excluding hydrogens is 257 g/mol. The van der Waals surface area contributed by atoms with E-state index in [1.54, 1.807) is 0 Å². The molecule has 6 heteroatoms. The van der Waals surface area contributed by atoms with E-state index in [2.05, 4.69) is 0 Å². The van der Waals surface area contributed by atoms with Gasteiger partial charge in [0.25, 0.3) is 0 Å². The van der Waals surface area contributed by atoms with Crippen LogP contribution in [0.25, 0.3) is 0 Å². The van der Waals surface area contributed by atoms with Crippen LogP contribution in [0.15, 0.2) is 18.2 Å². The molecule has 0 aliphatic carbocycles. The zero-order chi connectivity index (χ0) is 12.5. The van der Waals surface area contributed by atoms with E-state index in [-0.39, 0.29) is 5.56 Å². The maximum atomic E-state index is 12.4. The fraction of sp³-hybridized carbons (Fsp3) is 0.455. The molecule has 1 aliphatic rings. The van der Waals surface area contributed by atoms with Gasteiger partial charge >= 0.3 is 6.18 Å². The second kappa shape index (κ2) is 4.64. The highest BCUT2D eigenvalue weighted by Crippen LogP contribution is 2.41. The lowest BCUT2D eigenvalue weighted by Crippen LogP contribution is -2.15. The van der Waals surface area contributed by atoms with Crippen LogP contribution in [-0.4, -0.2) is 19.4 Å². The van der Waals surface area contributed by atoms with E-state index in [1.807, 2.05) is 0 Å². The minimum atomic E-state index is -4.47. The molecule has 17 heavy (non-hydrogen) atoms. The Hall–Kier alpha value is -1.10. The van der Waals surface area contributed by atoms with Gasteiger partial charge in [-0.1, -0.05) is 6.07 Å². The van der Waals surface area contributed by atoms with Crippen molar-refractivity contribution < 1.29 is 22.6 Å². The summed E-state index contributed by atoms with van der Waals surface area (Å²) in [6.07, 6.45) is -3.77. The van der Waals surface area contributed by atoms with E-state index in [1.165, 1.54) is 18.2 Å². The molecule has 0 spiro atoms. The van der Waals surface area contributed by atoms with Gasteiger partial charge in [0.05, 0.1) is 13.2 Å². The van der Waals surface area contributed by atoms with Crippen molar-refractivity contribution in [1.82, 2.24) is 0 Å². The monoisotopic (exact) mass is 266 g/mol. The van der Waals surface area contributed by atoms with E-state index < -0.39 is 11.6 Å². The fourth-order valence-corrected chi connectivity index (χ4v) is 1.66.